The quantitative estimate of drug-likeness (QED) is 0.671. The smallest absolute Gasteiger partial charge is 0.408 e. The largest absolute Gasteiger partial charge is 0.480 e. The SMILES string of the molecule is C=C/C=C(\C=C)COCC(NC(=O)OC(C)(C)C)C(=O)O. The van der Waals surface area contributed by atoms with Gasteiger partial charge < -0.3 is 19.9 Å². The first-order chi connectivity index (χ1) is 9.69. The predicted octanol–water partition coefficient (Wildman–Crippen LogP) is 2.28. The van der Waals surface area contributed by atoms with Gasteiger partial charge >= 0.3 is 12.1 Å². The topological polar surface area (TPSA) is 84.9 Å². The average Bonchev–Trinajstić information content (AvgIpc) is 2.33. The van der Waals surface area contributed by atoms with Crippen molar-refractivity contribution in [3.05, 3.63) is 37.0 Å². The molecule has 0 bridgehead atoms. The fraction of sp³-hybridized carbons (Fsp3) is 0.467. The molecular weight excluding hydrogens is 274 g/mol. The Morgan fingerprint density at radius 1 is 1.33 bits per heavy atom. The molecule has 0 aliphatic rings. The number of carbonyl (C=O) groups is 2. The molecule has 0 spiro atoms. The molecule has 6 nitrogen and oxygen atoms in total. The van der Waals surface area contributed by atoms with Crippen LogP contribution in [0.4, 0.5) is 4.79 Å². The maximum absolute atomic E-state index is 11.5. The molecule has 2 N–H and O–H groups in total. The van der Waals surface area contributed by atoms with Crippen LogP contribution in [0.2, 0.25) is 0 Å². The van der Waals surface area contributed by atoms with Gasteiger partial charge in [0.25, 0.3) is 0 Å². The molecule has 1 amide bonds. The normalized spacial score (nSPS) is 13.2. The van der Waals surface area contributed by atoms with Gasteiger partial charge in [0.05, 0.1) is 13.2 Å². The van der Waals surface area contributed by atoms with Gasteiger partial charge in [-0.05, 0) is 26.3 Å². The molecule has 0 aromatic heterocycles. The van der Waals surface area contributed by atoms with Crippen LogP contribution >= 0.6 is 0 Å². The first-order valence-electron chi connectivity index (χ1n) is 6.43. The number of carboxylic acids is 1. The van der Waals surface area contributed by atoms with Crippen molar-refractivity contribution >= 4 is 12.1 Å². The van der Waals surface area contributed by atoms with Crippen molar-refractivity contribution in [1.29, 1.82) is 0 Å². The van der Waals surface area contributed by atoms with E-state index in [4.69, 9.17) is 14.6 Å². The molecule has 0 heterocycles. The molecule has 1 unspecified atom stereocenters. The molecule has 0 aromatic rings. The second kappa shape index (κ2) is 8.97. The molecule has 0 aliphatic carbocycles. The summed E-state index contributed by atoms with van der Waals surface area (Å²) < 4.78 is 10.3. The lowest BCUT2D eigenvalue weighted by atomic mass is 10.2. The number of carboxylic acid groups (broad SMARTS) is 1. The molecule has 0 saturated carbocycles. The zero-order chi connectivity index (χ0) is 16.5. The Hall–Kier alpha value is -2.08. The Morgan fingerprint density at radius 2 is 1.95 bits per heavy atom. The zero-order valence-electron chi connectivity index (χ0n) is 12.7. The van der Waals surface area contributed by atoms with Gasteiger partial charge in [0.15, 0.2) is 6.04 Å². The molecule has 21 heavy (non-hydrogen) atoms. The first kappa shape index (κ1) is 18.9. The van der Waals surface area contributed by atoms with Crippen LogP contribution < -0.4 is 5.32 Å². The lowest BCUT2D eigenvalue weighted by Crippen LogP contribution is -2.46. The van der Waals surface area contributed by atoms with E-state index in [1.165, 1.54) is 0 Å². The third kappa shape index (κ3) is 9.45. The van der Waals surface area contributed by atoms with Gasteiger partial charge in [-0.3, -0.25) is 0 Å². The summed E-state index contributed by atoms with van der Waals surface area (Å²) >= 11 is 0. The summed E-state index contributed by atoms with van der Waals surface area (Å²) in [5.74, 6) is -1.20. The van der Waals surface area contributed by atoms with Crippen LogP contribution in [0.1, 0.15) is 20.8 Å². The van der Waals surface area contributed by atoms with E-state index in [-0.39, 0.29) is 13.2 Å². The highest BCUT2D eigenvalue weighted by Crippen LogP contribution is 2.07. The van der Waals surface area contributed by atoms with E-state index in [2.05, 4.69) is 18.5 Å². The number of hydrogen-bond donors (Lipinski definition) is 2. The van der Waals surface area contributed by atoms with Crippen molar-refractivity contribution in [2.75, 3.05) is 13.2 Å². The van der Waals surface area contributed by atoms with Gasteiger partial charge in [-0.2, -0.15) is 0 Å². The number of amides is 1. The minimum absolute atomic E-state index is 0.176. The van der Waals surface area contributed by atoms with Crippen LogP contribution in [0.5, 0.6) is 0 Å². The monoisotopic (exact) mass is 297 g/mol. The average molecular weight is 297 g/mol. The number of rotatable bonds is 8. The molecule has 118 valence electrons. The number of ether oxygens (including phenoxy) is 2. The third-order valence-corrected chi connectivity index (χ3v) is 2.14. The van der Waals surface area contributed by atoms with Crippen LogP contribution in [-0.2, 0) is 14.3 Å². The van der Waals surface area contributed by atoms with Gasteiger partial charge in [0, 0.05) is 0 Å². The number of nitrogens with one attached hydrogen (secondary N) is 1. The molecular formula is C15H23NO5. The number of carbonyl (C=O) groups excluding carboxylic acids is 1. The lowest BCUT2D eigenvalue weighted by Gasteiger charge is -2.22. The van der Waals surface area contributed by atoms with E-state index >= 15 is 0 Å². The summed E-state index contributed by atoms with van der Waals surface area (Å²) in [4.78, 5) is 22.6. The standard InChI is InChI=1S/C15H23NO5/c1-6-8-11(7-2)9-20-10-12(13(17)18)16-14(19)21-15(3,4)5/h6-8,12H,1-2,9-10H2,3-5H3,(H,16,19)(H,17,18)/b11-8+. The van der Waals surface area contributed by atoms with Crippen molar-refractivity contribution in [3.63, 3.8) is 0 Å². The highest BCUT2D eigenvalue weighted by atomic mass is 16.6. The van der Waals surface area contributed by atoms with Gasteiger partial charge in [0.1, 0.15) is 5.60 Å². The summed E-state index contributed by atoms with van der Waals surface area (Å²) in [5.41, 5.74) is 0.0582. The Morgan fingerprint density at radius 3 is 2.38 bits per heavy atom. The highest BCUT2D eigenvalue weighted by molar-refractivity contribution is 5.80. The Balaban J connectivity index is 4.42. The van der Waals surface area contributed by atoms with Crippen molar-refractivity contribution in [3.8, 4) is 0 Å². The molecule has 0 fully saturated rings. The van der Waals surface area contributed by atoms with Gasteiger partial charge in [0.2, 0.25) is 0 Å². The van der Waals surface area contributed by atoms with E-state index < -0.39 is 23.7 Å². The molecule has 0 aliphatic heterocycles. The van der Waals surface area contributed by atoms with Crippen molar-refractivity contribution in [1.82, 2.24) is 5.32 Å². The predicted molar refractivity (Wildman–Crippen MR) is 80.1 cm³/mol. The number of aliphatic carboxylic acids is 1. The maximum atomic E-state index is 11.5. The second-order valence-electron chi connectivity index (χ2n) is 5.23. The minimum atomic E-state index is -1.20. The minimum Gasteiger partial charge on any atom is -0.480 e. The van der Waals surface area contributed by atoms with Crippen LogP contribution in [0, 0.1) is 0 Å². The maximum Gasteiger partial charge on any atom is 0.408 e. The van der Waals surface area contributed by atoms with Crippen LogP contribution in [0.3, 0.4) is 0 Å². The summed E-state index contributed by atoms with van der Waals surface area (Å²) in [5, 5.41) is 11.3. The first-order valence-corrected chi connectivity index (χ1v) is 6.43. The molecule has 0 saturated heterocycles. The number of alkyl carbamates (subject to hydrolysis) is 1. The number of allylic oxidation sites excluding steroid dienone is 2. The Labute approximate surface area is 125 Å². The van der Waals surface area contributed by atoms with Crippen molar-refractivity contribution in [2.24, 2.45) is 0 Å². The Bertz CT molecular complexity index is 420. The van der Waals surface area contributed by atoms with Crippen LogP contribution in [-0.4, -0.2) is 42.0 Å². The Kier molecular flexibility index (Phi) is 8.08. The summed E-state index contributed by atoms with van der Waals surface area (Å²) in [7, 11) is 0. The summed E-state index contributed by atoms with van der Waals surface area (Å²) in [6.07, 6.45) is 4.06. The molecule has 0 rings (SSSR count). The van der Waals surface area contributed by atoms with E-state index in [9.17, 15) is 9.59 Å². The van der Waals surface area contributed by atoms with Crippen molar-refractivity contribution in [2.45, 2.75) is 32.4 Å². The third-order valence-electron chi connectivity index (χ3n) is 2.14. The second-order valence-corrected chi connectivity index (χ2v) is 5.23. The molecule has 1 atom stereocenters. The molecule has 0 aromatic carbocycles. The van der Waals surface area contributed by atoms with Gasteiger partial charge in [-0.1, -0.05) is 31.4 Å². The van der Waals surface area contributed by atoms with E-state index in [1.54, 1.807) is 39.0 Å². The van der Waals surface area contributed by atoms with E-state index in [0.717, 1.165) is 5.57 Å². The van der Waals surface area contributed by atoms with Crippen LogP contribution in [0.25, 0.3) is 0 Å². The fourth-order valence-electron chi connectivity index (χ4n) is 1.25. The van der Waals surface area contributed by atoms with E-state index in [1.807, 2.05) is 0 Å². The lowest BCUT2D eigenvalue weighted by molar-refractivity contribution is -0.141. The fourth-order valence-corrected chi connectivity index (χ4v) is 1.25. The van der Waals surface area contributed by atoms with Crippen LogP contribution in [0.15, 0.2) is 37.0 Å². The van der Waals surface area contributed by atoms with E-state index in [0.29, 0.717) is 0 Å². The van der Waals surface area contributed by atoms with Gasteiger partial charge in [-0.15, -0.1) is 0 Å². The number of hydrogen-bond acceptors (Lipinski definition) is 4. The summed E-state index contributed by atoms with van der Waals surface area (Å²) in [6.45, 7) is 12.2. The molecule has 0 radical (unpaired) electrons. The highest BCUT2D eigenvalue weighted by Gasteiger charge is 2.24. The van der Waals surface area contributed by atoms with Gasteiger partial charge in [-0.25, -0.2) is 9.59 Å². The zero-order valence-corrected chi connectivity index (χ0v) is 12.7. The molecule has 6 heteroatoms. The summed E-state index contributed by atoms with van der Waals surface area (Å²) in [6, 6.07) is -1.19. The van der Waals surface area contributed by atoms with Crippen molar-refractivity contribution < 1.29 is 24.2 Å².